The number of halogens is 1. The molecule has 186 valence electrons. The molecule has 6 rings (SSSR count). The SMILES string of the molecule is O=C(Nc1nccs1)[C@@H](c1ccccc1)n1cc2ccc(-c3ccc(N4CCNCC4)nc3)c(Cl)c2n1. The number of hydrogen-bond donors (Lipinski definition) is 2. The van der Waals surface area contributed by atoms with Crippen LogP contribution in [0, 0.1) is 0 Å². The van der Waals surface area contributed by atoms with Gasteiger partial charge in [0.1, 0.15) is 11.3 Å². The number of amides is 1. The van der Waals surface area contributed by atoms with Gasteiger partial charge in [-0.1, -0.05) is 54.1 Å². The van der Waals surface area contributed by atoms with E-state index in [2.05, 4.69) is 25.5 Å². The van der Waals surface area contributed by atoms with Gasteiger partial charge >= 0.3 is 0 Å². The molecule has 1 amide bonds. The zero-order valence-electron chi connectivity index (χ0n) is 19.8. The summed E-state index contributed by atoms with van der Waals surface area (Å²) in [6.45, 7) is 3.80. The number of carbonyl (C=O) groups excluding carboxylic acids is 1. The topological polar surface area (TPSA) is 88.0 Å². The lowest BCUT2D eigenvalue weighted by molar-refractivity contribution is -0.118. The second-order valence-corrected chi connectivity index (χ2v) is 10.0. The monoisotopic (exact) mass is 529 g/mol. The normalized spacial score (nSPS) is 14.6. The molecule has 1 fully saturated rings. The summed E-state index contributed by atoms with van der Waals surface area (Å²) in [5, 5.41) is 14.8. The first-order valence-electron chi connectivity index (χ1n) is 12.0. The number of rotatable bonds is 6. The molecule has 1 atom stereocenters. The van der Waals surface area contributed by atoms with E-state index in [4.69, 9.17) is 16.7 Å². The first kappa shape index (κ1) is 23.6. The molecule has 1 aliphatic rings. The van der Waals surface area contributed by atoms with Crippen LogP contribution in [-0.4, -0.2) is 51.8 Å². The lowest BCUT2D eigenvalue weighted by Crippen LogP contribution is -2.43. The minimum absolute atomic E-state index is 0.224. The number of anilines is 2. The minimum Gasteiger partial charge on any atom is -0.354 e. The van der Waals surface area contributed by atoms with E-state index in [1.54, 1.807) is 10.9 Å². The van der Waals surface area contributed by atoms with Crippen molar-refractivity contribution in [3.63, 3.8) is 0 Å². The summed E-state index contributed by atoms with van der Waals surface area (Å²) in [6, 6.07) is 16.9. The second-order valence-electron chi connectivity index (χ2n) is 8.76. The van der Waals surface area contributed by atoms with Crippen LogP contribution in [0.2, 0.25) is 5.02 Å². The van der Waals surface area contributed by atoms with E-state index in [1.165, 1.54) is 11.3 Å². The van der Waals surface area contributed by atoms with Crippen LogP contribution in [0.3, 0.4) is 0 Å². The number of thiazole rings is 1. The van der Waals surface area contributed by atoms with E-state index in [9.17, 15) is 4.79 Å². The van der Waals surface area contributed by atoms with Crippen molar-refractivity contribution < 1.29 is 4.79 Å². The number of hydrogen-bond acceptors (Lipinski definition) is 7. The van der Waals surface area contributed by atoms with Gasteiger partial charge in [0.2, 0.25) is 0 Å². The number of piperazine rings is 1. The number of fused-ring (bicyclic) bond motifs is 1. The van der Waals surface area contributed by atoms with Gasteiger partial charge in [0.05, 0.1) is 5.02 Å². The lowest BCUT2D eigenvalue weighted by Gasteiger charge is -2.28. The van der Waals surface area contributed by atoms with Crippen molar-refractivity contribution in [2.45, 2.75) is 6.04 Å². The minimum atomic E-state index is -0.683. The van der Waals surface area contributed by atoms with Crippen molar-refractivity contribution in [1.29, 1.82) is 0 Å². The molecule has 2 aromatic carbocycles. The number of nitrogens with zero attached hydrogens (tertiary/aromatic N) is 5. The Morgan fingerprint density at radius 1 is 1.05 bits per heavy atom. The Morgan fingerprint density at radius 2 is 1.89 bits per heavy atom. The fourth-order valence-electron chi connectivity index (χ4n) is 4.57. The molecule has 0 saturated carbocycles. The van der Waals surface area contributed by atoms with E-state index in [1.807, 2.05) is 72.4 Å². The molecule has 0 unspecified atom stereocenters. The van der Waals surface area contributed by atoms with Crippen LogP contribution in [0.15, 0.2) is 78.6 Å². The van der Waals surface area contributed by atoms with Gasteiger partial charge in [-0.15, -0.1) is 11.3 Å². The first-order valence-corrected chi connectivity index (χ1v) is 13.3. The van der Waals surface area contributed by atoms with Gasteiger partial charge in [-0.25, -0.2) is 9.97 Å². The first-order chi connectivity index (χ1) is 18.2. The van der Waals surface area contributed by atoms with Crippen molar-refractivity contribution in [1.82, 2.24) is 25.1 Å². The molecule has 3 aromatic heterocycles. The van der Waals surface area contributed by atoms with E-state index < -0.39 is 6.04 Å². The average Bonchev–Trinajstić information content (AvgIpc) is 3.61. The smallest absolute Gasteiger partial charge is 0.255 e. The Morgan fingerprint density at radius 3 is 2.62 bits per heavy atom. The zero-order chi connectivity index (χ0) is 25.2. The Balaban J connectivity index is 1.34. The lowest BCUT2D eigenvalue weighted by atomic mass is 10.1. The summed E-state index contributed by atoms with van der Waals surface area (Å²) in [5.74, 6) is 0.738. The summed E-state index contributed by atoms with van der Waals surface area (Å²) in [6.07, 6.45) is 5.37. The molecule has 1 aliphatic heterocycles. The highest BCUT2D eigenvalue weighted by Crippen LogP contribution is 2.35. The highest BCUT2D eigenvalue weighted by Gasteiger charge is 2.25. The molecule has 0 radical (unpaired) electrons. The van der Waals surface area contributed by atoms with E-state index >= 15 is 0 Å². The number of carbonyl (C=O) groups is 1. The third kappa shape index (κ3) is 4.81. The van der Waals surface area contributed by atoms with Crippen LogP contribution < -0.4 is 15.5 Å². The average molecular weight is 530 g/mol. The maximum absolute atomic E-state index is 13.4. The molecule has 1 saturated heterocycles. The molecular weight excluding hydrogens is 506 g/mol. The van der Waals surface area contributed by atoms with Crippen molar-refractivity contribution in [3.05, 3.63) is 89.2 Å². The summed E-state index contributed by atoms with van der Waals surface area (Å²) >= 11 is 8.26. The fourth-order valence-corrected chi connectivity index (χ4v) is 5.42. The Kier molecular flexibility index (Phi) is 6.57. The van der Waals surface area contributed by atoms with E-state index in [0.717, 1.165) is 54.1 Å². The van der Waals surface area contributed by atoms with Gasteiger partial charge in [-0.05, 0) is 17.7 Å². The largest absolute Gasteiger partial charge is 0.354 e. The van der Waals surface area contributed by atoms with Gasteiger partial charge in [0.25, 0.3) is 5.91 Å². The number of aromatic nitrogens is 4. The van der Waals surface area contributed by atoms with Gasteiger partial charge in [0.15, 0.2) is 11.2 Å². The molecular formula is C27H24ClN7OS. The fraction of sp³-hybridized carbons (Fsp3) is 0.185. The van der Waals surface area contributed by atoms with E-state index in [-0.39, 0.29) is 5.91 Å². The Bertz CT molecular complexity index is 1510. The summed E-state index contributed by atoms with van der Waals surface area (Å²) < 4.78 is 1.67. The predicted octanol–water partition coefficient (Wildman–Crippen LogP) is 4.85. The maximum atomic E-state index is 13.4. The van der Waals surface area contributed by atoms with Gasteiger partial charge in [-0.3, -0.25) is 14.8 Å². The summed E-state index contributed by atoms with van der Waals surface area (Å²) in [4.78, 5) is 24.5. The Hall–Kier alpha value is -3.79. The van der Waals surface area contributed by atoms with Crippen molar-refractivity contribution in [2.75, 3.05) is 36.4 Å². The molecule has 2 N–H and O–H groups in total. The third-order valence-corrected chi connectivity index (χ3v) is 7.50. The highest BCUT2D eigenvalue weighted by atomic mass is 35.5. The van der Waals surface area contributed by atoms with Crippen LogP contribution in [-0.2, 0) is 4.79 Å². The number of benzene rings is 2. The molecule has 37 heavy (non-hydrogen) atoms. The van der Waals surface area contributed by atoms with Crippen LogP contribution in [0.25, 0.3) is 22.0 Å². The number of nitrogens with one attached hydrogen (secondary N) is 2. The van der Waals surface area contributed by atoms with Crippen LogP contribution in [0.1, 0.15) is 11.6 Å². The van der Waals surface area contributed by atoms with Crippen molar-refractivity contribution >= 4 is 50.7 Å². The molecule has 0 spiro atoms. The van der Waals surface area contributed by atoms with Gasteiger partial charge < -0.3 is 10.2 Å². The van der Waals surface area contributed by atoms with Gasteiger partial charge in [0, 0.05) is 66.7 Å². The molecule has 8 nitrogen and oxygen atoms in total. The maximum Gasteiger partial charge on any atom is 0.255 e. The standard InChI is InChI=1S/C27H24ClN7OS/c28-23-21(19-7-9-22(31-16-19)34-13-10-29-11-14-34)8-6-20-17-35(33-24(20)23)25(18-4-2-1-3-5-18)26(36)32-27-30-12-15-37-27/h1-9,12,15-17,25,29H,10-11,13-14H2,(H,30,32,36)/t25-/m1/s1. The summed E-state index contributed by atoms with van der Waals surface area (Å²) in [7, 11) is 0. The third-order valence-electron chi connectivity index (χ3n) is 6.42. The van der Waals surface area contributed by atoms with Crippen molar-refractivity contribution in [2.24, 2.45) is 0 Å². The van der Waals surface area contributed by atoms with Crippen LogP contribution in [0.4, 0.5) is 10.9 Å². The van der Waals surface area contributed by atoms with Crippen LogP contribution in [0.5, 0.6) is 0 Å². The predicted molar refractivity (Wildman–Crippen MR) is 148 cm³/mol. The zero-order valence-corrected chi connectivity index (χ0v) is 21.4. The molecule has 0 aliphatic carbocycles. The summed E-state index contributed by atoms with van der Waals surface area (Å²) in [5.41, 5.74) is 3.21. The Labute approximate surface area is 222 Å². The number of pyridine rings is 1. The highest BCUT2D eigenvalue weighted by molar-refractivity contribution is 7.13. The quantitative estimate of drug-likeness (QED) is 0.327. The molecule has 5 aromatic rings. The second kappa shape index (κ2) is 10.3. The molecule has 10 heteroatoms. The van der Waals surface area contributed by atoms with Gasteiger partial charge in [-0.2, -0.15) is 5.10 Å². The van der Waals surface area contributed by atoms with Crippen molar-refractivity contribution in [3.8, 4) is 11.1 Å². The van der Waals surface area contributed by atoms with E-state index in [0.29, 0.717) is 15.7 Å². The van der Waals surface area contributed by atoms with Crippen LogP contribution >= 0.6 is 22.9 Å². The molecule has 0 bridgehead atoms. The molecule has 4 heterocycles.